The van der Waals surface area contributed by atoms with E-state index < -0.39 is 11.1 Å². The summed E-state index contributed by atoms with van der Waals surface area (Å²) in [5.41, 5.74) is -1.15. The van der Waals surface area contributed by atoms with Gasteiger partial charge >= 0.3 is 0 Å². The average molecular weight is 241 g/mol. The van der Waals surface area contributed by atoms with E-state index in [9.17, 15) is 9.90 Å². The largest absolute Gasteiger partial charge is 0.386 e. The van der Waals surface area contributed by atoms with Gasteiger partial charge in [0.25, 0.3) is 0 Å². The first kappa shape index (κ1) is 12.8. The number of aliphatic hydroxyl groups is 1. The molecule has 0 saturated carbocycles. The standard InChI is InChI=1S/C12H23N3O2/c1-11(2,15-6-4-13-5-7-15)10(16)14-8-12(3,17)9-14/h13,17H,4-9H2,1-3H3. The molecule has 2 N–H and O–H groups in total. The molecule has 0 bridgehead atoms. The van der Waals surface area contributed by atoms with Crippen LogP contribution in [0.5, 0.6) is 0 Å². The lowest BCUT2D eigenvalue weighted by Crippen LogP contribution is -2.68. The van der Waals surface area contributed by atoms with Crippen molar-refractivity contribution in [3.63, 3.8) is 0 Å². The Morgan fingerprint density at radius 1 is 1.29 bits per heavy atom. The zero-order valence-corrected chi connectivity index (χ0v) is 11.0. The molecule has 1 amide bonds. The second-order valence-electron chi connectivity index (χ2n) is 5.95. The third-order valence-corrected chi connectivity index (χ3v) is 3.78. The number of carbonyl (C=O) groups is 1. The Balaban J connectivity index is 1.97. The number of nitrogens with one attached hydrogen (secondary N) is 1. The summed E-state index contributed by atoms with van der Waals surface area (Å²) in [6.45, 7) is 10.3. The molecular formula is C12H23N3O2. The number of amides is 1. The zero-order chi connectivity index (χ0) is 12.7. The van der Waals surface area contributed by atoms with E-state index in [1.807, 2.05) is 13.8 Å². The molecule has 2 heterocycles. The fourth-order valence-electron chi connectivity index (χ4n) is 2.67. The summed E-state index contributed by atoms with van der Waals surface area (Å²) in [5, 5.41) is 13.0. The quantitative estimate of drug-likeness (QED) is 0.669. The van der Waals surface area contributed by atoms with Crippen LogP contribution >= 0.6 is 0 Å². The smallest absolute Gasteiger partial charge is 0.242 e. The maximum atomic E-state index is 12.4. The third kappa shape index (κ3) is 2.46. The van der Waals surface area contributed by atoms with E-state index >= 15 is 0 Å². The Hall–Kier alpha value is -0.650. The highest BCUT2D eigenvalue weighted by molar-refractivity contribution is 5.86. The Kier molecular flexibility index (Phi) is 3.18. The topological polar surface area (TPSA) is 55.8 Å². The van der Waals surface area contributed by atoms with Crippen molar-refractivity contribution in [1.29, 1.82) is 0 Å². The minimum absolute atomic E-state index is 0.130. The number of hydrogen-bond acceptors (Lipinski definition) is 4. The van der Waals surface area contributed by atoms with Crippen molar-refractivity contribution in [1.82, 2.24) is 15.1 Å². The molecule has 5 heteroatoms. The molecule has 0 spiro atoms. The van der Waals surface area contributed by atoms with Gasteiger partial charge in [-0.25, -0.2) is 0 Å². The van der Waals surface area contributed by atoms with Crippen LogP contribution in [0.4, 0.5) is 0 Å². The van der Waals surface area contributed by atoms with E-state index in [4.69, 9.17) is 0 Å². The van der Waals surface area contributed by atoms with E-state index in [1.165, 1.54) is 0 Å². The van der Waals surface area contributed by atoms with Crippen molar-refractivity contribution in [2.75, 3.05) is 39.3 Å². The van der Waals surface area contributed by atoms with E-state index in [0.717, 1.165) is 26.2 Å². The molecule has 0 aromatic carbocycles. The highest BCUT2D eigenvalue weighted by atomic mass is 16.3. The van der Waals surface area contributed by atoms with Crippen LogP contribution < -0.4 is 5.32 Å². The zero-order valence-electron chi connectivity index (χ0n) is 11.0. The molecule has 17 heavy (non-hydrogen) atoms. The number of likely N-dealkylation sites (tertiary alicyclic amines) is 1. The lowest BCUT2D eigenvalue weighted by molar-refractivity contribution is -0.163. The molecule has 0 unspecified atom stereocenters. The van der Waals surface area contributed by atoms with Gasteiger partial charge in [-0.2, -0.15) is 0 Å². The van der Waals surface area contributed by atoms with Crippen LogP contribution in [0.2, 0.25) is 0 Å². The second-order valence-corrected chi connectivity index (χ2v) is 5.95. The molecule has 0 radical (unpaired) electrons. The van der Waals surface area contributed by atoms with Crippen LogP contribution in [0.25, 0.3) is 0 Å². The normalized spacial score (nSPS) is 25.5. The highest BCUT2D eigenvalue weighted by Gasteiger charge is 2.46. The second kappa shape index (κ2) is 4.23. The van der Waals surface area contributed by atoms with Crippen molar-refractivity contribution in [3.8, 4) is 0 Å². The molecule has 2 aliphatic rings. The van der Waals surface area contributed by atoms with Crippen LogP contribution in [0, 0.1) is 0 Å². The maximum Gasteiger partial charge on any atom is 0.242 e. The molecule has 0 aliphatic carbocycles. The van der Waals surface area contributed by atoms with Crippen molar-refractivity contribution in [2.24, 2.45) is 0 Å². The van der Waals surface area contributed by atoms with Gasteiger partial charge in [-0.3, -0.25) is 9.69 Å². The fourth-order valence-corrected chi connectivity index (χ4v) is 2.67. The van der Waals surface area contributed by atoms with Gasteiger partial charge in [-0.05, 0) is 20.8 Å². The van der Waals surface area contributed by atoms with Crippen molar-refractivity contribution < 1.29 is 9.90 Å². The van der Waals surface area contributed by atoms with Gasteiger partial charge in [0.2, 0.25) is 5.91 Å². The lowest BCUT2D eigenvalue weighted by atomic mass is 9.91. The molecular weight excluding hydrogens is 218 g/mol. The van der Waals surface area contributed by atoms with E-state index in [1.54, 1.807) is 11.8 Å². The van der Waals surface area contributed by atoms with Crippen LogP contribution in [0.15, 0.2) is 0 Å². The minimum atomic E-state index is -0.685. The maximum absolute atomic E-state index is 12.4. The molecule has 0 aromatic heterocycles. The Morgan fingerprint density at radius 2 is 1.82 bits per heavy atom. The van der Waals surface area contributed by atoms with Gasteiger partial charge in [-0.1, -0.05) is 0 Å². The van der Waals surface area contributed by atoms with Crippen molar-refractivity contribution >= 4 is 5.91 Å². The SMILES string of the molecule is CC1(O)CN(C(=O)C(C)(C)N2CCNCC2)C1. The molecule has 5 nitrogen and oxygen atoms in total. The predicted octanol–water partition coefficient (Wildman–Crippen LogP) is -0.737. The summed E-state index contributed by atoms with van der Waals surface area (Å²) in [7, 11) is 0. The van der Waals surface area contributed by atoms with Crippen molar-refractivity contribution in [3.05, 3.63) is 0 Å². The van der Waals surface area contributed by atoms with Gasteiger partial charge in [-0.15, -0.1) is 0 Å². The molecule has 0 aromatic rings. The summed E-state index contributed by atoms with van der Waals surface area (Å²) in [4.78, 5) is 16.4. The first-order chi connectivity index (χ1) is 7.83. The molecule has 2 rings (SSSR count). The molecule has 2 fully saturated rings. The Labute approximate surface area is 103 Å². The van der Waals surface area contributed by atoms with Gasteiger partial charge < -0.3 is 15.3 Å². The monoisotopic (exact) mass is 241 g/mol. The van der Waals surface area contributed by atoms with E-state index in [2.05, 4.69) is 10.2 Å². The Bertz CT molecular complexity index is 301. The highest BCUT2D eigenvalue weighted by Crippen LogP contribution is 2.26. The van der Waals surface area contributed by atoms with Crippen molar-refractivity contribution in [2.45, 2.75) is 31.9 Å². The number of carbonyl (C=O) groups excluding carboxylic acids is 1. The summed E-state index contributed by atoms with van der Waals surface area (Å²) >= 11 is 0. The number of rotatable bonds is 2. The lowest BCUT2D eigenvalue weighted by Gasteiger charge is -2.49. The fraction of sp³-hybridized carbons (Fsp3) is 0.917. The van der Waals surface area contributed by atoms with Crippen LogP contribution in [-0.2, 0) is 4.79 Å². The van der Waals surface area contributed by atoms with E-state index in [0.29, 0.717) is 13.1 Å². The molecule has 98 valence electrons. The number of piperazine rings is 1. The van der Waals surface area contributed by atoms with Gasteiger partial charge in [0, 0.05) is 26.2 Å². The number of nitrogens with zero attached hydrogens (tertiary/aromatic N) is 2. The van der Waals surface area contributed by atoms with Crippen LogP contribution in [0.3, 0.4) is 0 Å². The van der Waals surface area contributed by atoms with Gasteiger partial charge in [0.1, 0.15) is 0 Å². The number of hydrogen-bond donors (Lipinski definition) is 2. The first-order valence-electron chi connectivity index (χ1n) is 6.30. The van der Waals surface area contributed by atoms with Crippen LogP contribution in [0.1, 0.15) is 20.8 Å². The average Bonchev–Trinajstić information content (AvgIpc) is 2.26. The molecule has 2 aliphatic heterocycles. The van der Waals surface area contributed by atoms with Gasteiger partial charge in [0.15, 0.2) is 0 Å². The first-order valence-corrected chi connectivity index (χ1v) is 6.30. The van der Waals surface area contributed by atoms with Gasteiger partial charge in [0.05, 0.1) is 24.2 Å². The summed E-state index contributed by atoms with van der Waals surface area (Å²) in [6, 6.07) is 0. The minimum Gasteiger partial charge on any atom is -0.386 e. The molecule has 0 atom stereocenters. The third-order valence-electron chi connectivity index (χ3n) is 3.78. The Morgan fingerprint density at radius 3 is 2.29 bits per heavy atom. The molecule has 2 saturated heterocycles. The predicted molar refractivity (Wildman–Crippen MR) is 65.7 cm³/mol. The van der Waals surface area contributed by atoms with Crippen LogP contribution in [-0.4, -0.2) is 71.2 Å². The van der Waals surface area contributed by atoms with E-state index in [-0.39, 0.29) is 5.91 Å². The summed E-state index contributed by atoms with van der Waals surface area (Å²) in [6.07, 6.45) is 0. The summed E-state index contributed by atoms with van der Waals surface area (Å²) < 4.78 is 0. The summed E-state index contributed by atoms with van der Waals surface area (Å²) in [5.74, 6) is 0.130. The number of β-amino-alcohol motifs (C(OH)–C–C–N with tert-alkyl or cyclic N) is 1.